The van der Waals surface area contributed by atoms with Crippen molar-refractivity contribution in [2.24, 2.45) is 0 Å². The summed E-state index contributed by atoms with van der Waals surface area (Å²) in [6, 6.07) is 10.8. The van der Waals surface area contributed by atoms with Crippen LogP contribution in [0.25, 0.3) is 0 Å². The average molecular weight is 324 g/mol. The smallest absolute Gasteiger partial charge is 0.241 e. The summed E-state index contributed by atoms with van der Waals surface area (Å²) < 4.78 is 0. The Hall–Kier alpha value is -2.44. The van der Waals surface area contributed by atoms with E-state index >= 15 is 0 Å². The van der Waals surface area contributed by atoms with Gasteiger partial charge in [-0.3, -0.25) is 9.78 Å². The highest BCUT2D eigenvalue weighted by atomic mass is 16.3. The third-order valence-electron chi connectivity index (χ3n) is 4.79. The number of para-hydroxylation sites is 1. The Morgan fingerprint density at radius 1 is 1.21 bits per heavy atom. The largest absolute Gasteiger partial charge is 0.508 e. The van der Waals surface area contributed by atoms with Crippen molar-refractivity contribution in [3.8, 4) is 5.75 Å². The standard InChI is InChI=1S/C18H20N4O2/c23-17-6-2-1-5-13(17)15-10-16(21-20-15)18(24)22-9-7-14-12(11-22)4-3-8-19-14/h1-6,8,15-16,20-21,23H,7,9-11H2. The van der Waals surface area contributed by atoms with E-state index in [-0.39, 0.29) is 23.7 Å². The molecule has 6 heteroatoms. The van der Waals surface area contributed by atoms with Crippen molar-refractivity contribution in [2.75, 3.05) is 6.54 Å². The molecule has 6 nitrogen and oxygen atoms in total. The lowest BCUT2D eigenvalue weighted by molar-refractivity contribution is -0.134. The Morgan fingerprint density at radius 2 is 2.08 bits per heavy atom. The molecular weight excluding hydrogens is 304 g/mol. The predicted molar refractivity (Wildman–Crippen MR) is 88.9 cm³/mol. The minimum absolute atomic E-state index is 0.0705. The Labute approximate surface area is 140 Å². The number of aromatic hydroxyl groups is 1. The molecule has 2 aliphatic heterocycles. The quantitative estimate of drug-likeness (QED) is 0.776. The molecule has 4 rings (SSSR count). The van der Waals surface area contributed by atoms with Crippen molar-refractivity contribution in [1.82, 2.24) is 20.7 Å². The Morgan fingerprint density at radius 3 is 2.96 bits per heavy atom. The van der Waals surface area contributed by atoms with E-state index in [1.165, 1.54) is 0 Å². The van der Waals surface area contributed by atoms with Gasteiger partial charge in [-0.15, -0.1) is 0 Å². The summed E-state index contributed by atoms with van der Waals surface area (Å²) in [5, 5.41) is 9.98. The molecule has 0 spiro atoms. The molecule has 2 unspecified atom stereocenters. The molecule has 2 atom stereocenters. The number of phenolic OH excluding ortho intramolecular Hbond substituents is 1. The summed E-state index contributed by atoms with van der Waals surface area (Å²) in [6.45, 7) is 1.31. The molecule has 0 radical (unpaired) electrons. The molecule has 0 bridgehead atoms. The molecule has 0 saturated carbocycles. The molecule has 1 aromatic heterocycles. The summed E-state index contributed by atoms with van der Waals surface area (Å²) in [5.41, 5.74) is 9.25. The second kappa shape index (κ2) is 6.22. The first kappa shape index (κ1) is 15.1. The van der Waals surface area contributed by atoms with E-state index in [4.69, 9.17) is 0 Å². The Balaban J connectivity index is 1.44. The molecule has 3 N–H and O–H groups in total. The van der Waals surface area contributed by atoms with Gasteiger partial charge in [-0.25, -0.2) is 10.9 Å². The van der Waals surface area contributed by atoms with Crippen molar-refractivity contribution in [3.63, 3.8) is 0 Å². The fourth-order valence-electron chi connectivity index (χ4n) is 3.48. The number of amides is 1. The van der Waals surface area contributed by atoms with Crippen LogP contribution in [-0.4, -0.2) is 33.5 Å². The van der Waals surface area contributed by atoms with Crippen LogP contribution in [0.5, 0.6) is 5.75 Å². The van der Waals surface area contributed by atoms with E-state index < -0.39 is 0 Å². The van der Waals surface area contributed by atoms with Crippen molar-refractivity contribution in [2.45, 2.75) is 31.5 Å². The maximum absolute atomic E-state index is 12.8. The summed E-state index contributed by atoms with van der Waals surface area (Å²) >= 11 is 0. The predicted octanol–water partition coefficient (Wildman–Crippen LogP) is 1.28. The summed E-state index contributed by atoms with van der Waals surface area (Å²) in [6.07, 6.45) is 3.22. The monoisotopic (exact) mass is 324 g/mol. The first-order chi connectivity index (χ1) is 11.7. The number of pyridine rings is 1. The molecule has 2 aliphatic rings. The minimum atomic E-state index is -0.284. The number of carbonyl (C=O) groups is 1. The van der Waals surface area contributed by atoms with Gasteiger partial charge in [-0.2, -0.15) is 0 Å². The fraction of sp³-hybridized carbons (Fsp3) is 0.333. The fourth-order valence-corrected chi connectivity index (χ4v) is 3.48. The van der Waals surface area contributed by atoms with Gasteiger partial charge in [0.1, 0.15) is 11.8 Å². The number of carbonyl (C=O) groups excluding carboxylic acids is 1. The summed E-state index contributed by atoms with van der Waals surface area (Å²) in [5.74, 6) is 0.345. The number of benzene rings is 1. The molecule has 1 aromatic carbocycles. The zero-order chi connectivity index (χ0) is 16.5. The number of hydrogen-bond acceptors (Lipinski definition) is 5. The SMILES string of the molecule is O=C(C1CC(c2ccccc2O)NN1)N1CCc2ncccc2C1. The lowest BCUT2D eigenvalue weighted by atomic mass is 9.99. The maximum Gasteiger partial charge on any atom is 0.241 e. The maximum atomic E-state index is 12.8. The van der Waals surface area contributed by atoms with Crippen LogP contribution in [0.3, 0.4) is 0 Å². The van der Waals surface area contributed by atoms with Crippen molar-refractivity contribution >= 4 is 5.91 Å². The number of nitrogens with one attached hydrogen (secondary N) is 2. The van der Waals surface area contributed by atoms with Crippen LogP contribution in [0, 0.1) is 0 Å². The number of phenols is 1. The van der Waals surface area contributed by atoms with E-state index in [0.29, 0.717) is 19.5 Å². The molecular formula is C18H20N4O2. The third kappa shape index (κ3) is 2.74. The van der Waals surface area contributed by atoms with Gasteiger partial charge in [-0.1, -0.05) is 24.3 Å². The normalized spacial score (nSPS) is 23.1. The van der Waals surface area contributed by atoms with Crippen LogP contribution in [0.4, 0.5) is 0 Å². The third-order valence-corrected chi connectivity index (χ3v) is 4.79. The minimum Gasteiger partial charge on any atom is -0.508 e. The van der Waals surface area contributed by atoms with Gasteiger partial charge in [0.05, 0.1) is 6.04 Å². The molecule has 0 aliphatic carbocycles. The number of hydrogen-bond donors (Lipinski definition) is 3. The summed E-state index contributed by atoms with van der Waals surface area (Å²) in [7, 11) is 0. The number of fused-ring (bicyclic) bond motifs is 1. The van der Waals surface area contributed by atoms with Crippen LogP contribution in [-0.2, 0) is 17.8 Å². The van der Waals surface area contributed by atoms with Gasteiger partial charge in [0.2, 0.25) is 5.91 Å². The van der Waals surface area contributed by atoms with E-state index in [1.807, 2.05) is 29.2 Å². The van der Waals surface area contributed by atoms with Gasteiger partial charge < -0.3 is 10.0 Å². The van der Waals surface area contributed by atoms with Crippen molar-refractivity contribution < 1.29 is 9.90 Å². The van der Waals surface area contributed by atoms with Gasteiger partial charge in [0.15, 0.2) is 0 Å². The van der Waals surface area contributed by atoms with Gasteiger partial charge in [-0.05, 0) is 24.1 Å². The van der Waals surface area contributed by atoms with E-state index in [1.54, 1.807) is 18.3 Å². The lowest BCUT2D eigenvalue weighted by Gasteiger charge is -2.30. The number of nitrogens with zero attached hydrogens (tertiary/aromatic N) is 2. The van der Waals surface area contributed by atoms with E-state index in [9.17, 15) is 9.90 Å². The first-order valence-corrected chi connectivity index (χ1v) is 8.23. The van der Waals surface area contributed by atoms with Gasteiger partial charge in [0.25, 0.3) is 0 Å². The molecule has 24 heavy (non-hydrogen) atoms. The van der Waals surface area contributed by atoms with Crippen LogP contribution < -0.4 is 10.9 Å². The van der Waals surface area contributed by atoms with Gasteiger partial charge in [0, 0.05) is 37.0 Å². The number of aromatic nitrogens is 1. The average Bonchev–Trinajstić information content (AvgIpc) is 3.11. The number of hydrazine groups is 1. The van der Waals surface area contributed by atoms with Crippen molar-refractivity contribution in [1.29, 1.82) is 0 Å². The molecule has 1 fully saturated rings. The molecule has 2 aromatic rings. The first-order valence-electron chi connectivity index (χ1n) is 8.23. The lowest BCUT2D eigenvalue weighted by Crippen LogP contribution is -2.47. The molecule has 124 valence electrons. The molecule has 1 saturated heterocycles. The summed E-state index contributed by atoms with van der Waals surface area (Å²) in [4.78, 5) is 19.1. The van der Waals surface area contributed by atoms with E-state index in [0.717, 1.165) is 23.2 Å². The van der Waals surface area contributed by atoms with E-state index in [2.05, 4.69) is 15.8 Å². The number of rotatable bonds is 2. The zero-order valence-corrected chi connectivity index (χ0v) is 13.3. The van der Waals surface area contributed by atoms with Crippen molar-refractivity contribution in [3.05, 3.63) is 59.4 Å². The molecule has 1 amide bonds. The van der Waals surface area contributed by atoms with Crippen LogP contribution in [0.15, 0.2) is 42.6 Å². The highest BCUT2D eigenvalue weighted by Gasteiger charge is 2.34. The van der Waals surface area contributed by atoms with Crippen LogP contribution >= 0.6 is 0 Å². The second-order valence-electron chi connectivity index (χ2n) is 6.31. The Bertz CT molecular complexity index is 764. The van der Waals surface area contributed by atoms with Crippen LogP contribution in [0.1, 0.15) is 29.3 Å². The molecule has 3 heterocycles. The highest BCUT2D eigenvalue weighted by molar-refractivity contribution is 5.82. The second-order valence-corrected chi connectivity index (χ2v) is 6.31. The highest BCUT2D eigenvalue weighted by Crippen LogP contribution is 2.30. The van der Waals surface area contributed by atoms with Crippen LogP contribution in [0.2, 0.25) is 0 Å². The van der Waals surface area contributed by atoms with Gasteiger partial charge >= 0.3 is 0 Å². The Kier molecular flexibility index (Phi) is 3.92. The zero-order valence-electron chi connectivity index (χ0n) is 13.3. The topological polar surface area (TPSA) is 77.5 Å².